The SMILES string of the molecule is CN(C)c1cc(CNC(=O)c2ccc(N3CCCC3)nn2)c2ccccc2n1. The molecule has 4 rings (SSSR count). The number of pyridine rings is 1. The Morgan fingerprint density at radius 2 is 1.89 bits per heavy atom. The first-order valence-electron chi connectivity index (χ1n) is 9.55. The van der Waals surface area contributed by atoms with Gasteiger partial charge in [0.2, 0.25) is 0 Å². The molecule has 0 aliphatic carbocycles. The molecular formula is C21H24N6O. The lowest BCUT2D eigenvalue weighted by molar-refractivity contribution is 0.0945. The highest BCUT2D eigenvalue weighted by Gasteiger charge is 2.16. The second kappa shape index (κ2) is 7.80. The fraction of sp³-hybridized carbons (Fsp3) is 0.333. The Balaban J connectivity index is 1.50. The van der Waals surface area contributed by atoms with E-state index in [0.717, 1.165) is 41.2 Å². The lowest BCUT2D eigenvalue weighted by Gasteiger charge is -2.16. The molecule has 0 saturated carbocycles. The van der Waals surface area contributed by atoms with Crippen molar-refractivity contribution in [3.05, 3.63) is 53.7 Å². The molecule has 1 amide bonds. The van der Waals surface area contributed by atoms with E-state index in [1.54, 1.807) is 6.07 Å². The van der Waals surface area contributed by atoms with Crippen LogP contribution in [0.25, 0.3) is 10.9 Å². The topological polar surface area (TPSA) is 74.2 Å². The summed E-state index contributed by atoms with van der Waals surface area (Å²) in [4.78, 5) is 21.4. The number of benzene rings is 1. The predicted octanol–water partition coefficient (Wildman–Crippen LogP) is 2.62. The third kappa shape index (κ3) is 3.74. The van der Waals surface area contributed by atoms with E-state index in [1.165, 1.54) is 12.8 Å². The first-order chi connectivity index (χ1) is 13.6. The fourth-order valence-electron chi connectivity index (χ4n) is 3.43. The van der Waals surface area contributed by atoms with Crippen molar-refractivity contribution in [1.29, 1.82) is 0 Å². The Morgan fingerprint density at radius 1 is 1.11 bits per heavy atom. The van der Waals surface area contributed by atoms with Gasteiger partial charge in [-0.3, -0.25) is 4.79 Å². The largest absolute Gasteiger partial charge is 0.363 e. The van der Waals surface area contributed by atoms with Gasteiger partial charge in [0.05, 0.1) is 5.52 Å². The number of hydrogen-bond acceptors (Lipinski definition) is 6. The van der Waals surface area contributed by atoms with Crippen LogP contribution in [0.3, 0.4) is 0 Å². The second-order valence-electron chi connectivity index (χ2n) is 7.20. The van der Waals surface area contributed by atoms with Gasteiger partial charge < -0.3 is 15.1 Å². The summed E-state index contributed by atoms with van der Waals surface area (Å²) in [5.74, 6) is 1.47. The van der Waals surface area contributed by atoms with Gasteiger partial charge in [0.25, 0.3) is 5.91 Å². The molecule has 1 aliphatic rings. The molecule has 1 saturated heterocycles. The van der Waals surface area contributed by atoms with Crippen molar-refractivity contribution in [3.8, 4) is 0 Å². The number of amides is 1. The van der Waals surface area contributed by atoms with Crippen molar-refractivity contribution >= 4 is 28.4 Å². The first kappa shape index (κ1) is 18.2. The molecule has 2 aromatic heterocycles. The molecule has 0 spiro atoms. The zero-order valence-corrected chi connectivity index (χ0v) is 16.2. The summed E-state index contributed by atoms with van der Waals surface area (Å²) in [7, 11) is 3.91. The van der Waals surface area contributed by atoms with E-state index in [-0.39, 0.29) is 5.91 Å². The number of fused-ring (bicyclic) bond motifs is 1. The number of nitrogens with zero attached hydrogens (tertiary/aromatic N) is 5. The minimum absolute atomic E-state index is 0.229. The van der Waals surface area contributed by atoms with E-state index in [1.807, 2.05) is 55.4 Å². The van der Waals surface area contributed by atoms with Crippen LogP contribution in [-0.4, -0.2) is 48.3 Å². The molecular weight excluding hydrogens is 352 g/mol. The van der Waals surface area contributed by atoms with Crippen LogP contribution >= 0.6 is 0 Å². The summed E-state index contributed by atoms with van der Waals surface area (Å²) < 4.78 is 0. The maximum absolute atomic E-state index is 12.6. The summed E-state index contributed by atoms with van der Waals surface area (Å²) >= 11 is 0. The zero-order valence-electron chi connectivity index (χ0n) is 16.2. The van der Waals surface area contributed by atoms with Crippen LogP contribution in [-0.2, 0) is 6.54 Å². The minimum Gasteiger partial charge on any atom is -0.363 e. The third-order valence-corrected chi connectivity index (χ3v) is 5.00. The summed E-state index contributed by atoms with van der Waals surface area (Å²) in [6.07, 6.45) is 2.36. The molecule has 0 bridgehead atoms. The molecule has 1 aliphatic heterocycles. The van der Waals surface area contributed by atoms with Crippen LogP contribution in [0.15, 0.2) is 42.5 Å². The number of carbonyl (C=O) groups excluding carboxylic acids is 1. The Hall–Kier alpha value is -3.22. The number of hydrogen-bond donors (Lipinski definition) is 1. The van der Waals surface area contributed by atoms with E-state index in [9.17, 15) is 4.79 Å². The van der Waals surface area contributed by atoms with Crippen molar-refractivity contribution in [2.75, 3.05) is 37.0 Å². The Labute approximate surface area is 164 Å². The van der Waals surface area contributed by atoms with Crippen LogP contribution < -0.4 is 15.1 Å². The van der Waals surface area contributed by atoms with Gasteiger partial charge >= 0.3 is 0 Å². The quantitative estimate of drug-likeness (QED) is 0.738. The maximum atomic E-state index is 12.6. The van der Waals surface area contributed by atoms with E-state index in [4.69, 9.17) is 0 Å². The van der Waals surface area contributed by atoms with Gasteiger partial charge in [-0.15, -0.1) is 10.2 Å². The standard InChI is InChI=1S/C21H24N6O/c1-26(2)20-13-15(16-7-3-4-8-17(16)23-20)14-22-21(28)18-9-10-19(25-24-18)27-11-5-6-12-27/h3-4,7-10,13H,5-6,11-12,14H2,1-2H3,(H,22,28). The molecule has 0 radical (unpaired) electrons. The Morgan fingerprint density at radius 3 is 2.61 bits per heavy atom. The summed E-state index contributed by atoms with van der Waals surface area (Å²) in [5.41, 5.74) is 2.26. The smallest absolute Gasteiger partial charge is 0.272 e. The van der Waals surface area contributed by atoms with Crippen molar-refractivity contribution in [1.82, 2.24) is 20.5 Å². The monoisotopic (exact) mass is 376 g/mol. The highest BCUT2D eigenvalue weighted by molar-refractivity contribution is 5.92. The van der Waals surface area contributed by atoms with Crippen LogP contribution in [0.4, 0.5) is 11.6 Å². The number of rotatable bonds is 5. The number of aromatic nitrogens is 3. The molecule has 1 aromatic carbocycles. The average Bonchev–Trinajstić information content (AvgIpc) is 3.26. The van der Waals surface area contributed by atoms with Crippen LogP contribution in [0.5, 0.6) is 0 Å². The van der Waals surface area contributed by atoms with E-state index in [2.05, 4.69) is 25.4 Å². The van der Waals surface area contributed by atoms with E-state index < -0.39 is 0 Å². The molecule has 144 valence electrons. The Kier molecular flexibility index (Phi) is 5.06. The Bertz CT molecular complexity index is 980. The number of anilines is 2. The number of carbonyl (C=O) groups is 1. The molecule has 0 unspecified atom stereocenters. The highest BCUT2D eigenvalue weighted by atomic mass is 16.1. The molecule has 1 fully saturated rings. The average molecular weight is 376 g/mol. The van der Waals surface area contributed by atoms with Crippen molar-refractivity contribution in [2.24, 2.45) is 0 Å². The third-order valence-electron chi connectivity index (χ3n) is 5.00. The number of nitrogens with one attached hydrogen (secondary N) is 1. The minimum atomic E-state index is -0.229. The van der Waals surface area contributed by atoms with E-state index >= 15 is 0 Å². The predicted molar refractivity (Wildman–Crippen MR) is 111 cm³/mol. The molecule has 3 heterocycles. The molecule has 1 N–H and O–H groups in total. The highest BCUT2D eigenvalue weighted by Crippen LogP contribution is 2.22. The van der Waals surface area contributed by atoms with E-state index in [0.29, 0.717) is 12.2 Å². The molecule has 7 nitrogen and oxygen atoms in total. The maximum Gasteiger partial charge on any atom is 0.272 e. The summed E-state index contributed by atoms with van der Waals surface area (Å²) in [6, 6.07) is 13.6. The number of para-hydroxylation sites is 1. The van der Waals surface area contributed by atoms with Crippen LogP contribution in [0.2, 0.25) is 0 Å². The fourth-order valence-corrected chi connectivity index (χ4v) is 3.43. The van der Waals surface area contributed by atoms with Gasteiger partial charge in [-0.1, -0.05) is 18.2 Å². The van der Waals surface area contributed by atoms with Crippen LogP contribution in [0, 0.1) is 0 Å². The van der Waals surface area contributed by atoms with Gasteiger partial charge in [-0.25, -0.2) is 4.98 Å². The normalized spacial score (nSPS) is 13.7. The van der Waals surface area contributed by atoms with Gasteiger partial charge in [-0.05, 0) is 42.7 Å². The molecule has 0 atom stereocenters. The first-order valence-corrected chi connectivity index (χ1v) is 9.55. The van der Waals surface area contributed by atoms with Gasteiger partial charge in [0.1, 0.15) is 5.82 Å². The van der Waals surface area contributed by atoms with Gasteiger partial charge in [0, 0.05) is 39.1 Å². The summed E-state index contributed by atoms with van der Waals surface area (Å²) in [5, 5.41) is 12.3. The molecule has 3 aromatic rings. The van der Waals surface area contributed by atoms with Crippen molar-refractivity contribution in [2.45, 2.75) is 19.4 Å². The summed E-state index contributed by atoms with van der Waals surface area (Å²) in [6.45, 7) is 2.41. The van der Waals surface area contributed by atoms with Gasteiger partial charge in [-0.2, -0.15) is 0 Å². The zero-order chi connectivity index (χ0) is 19.5. The lowest BCUT2D eigenvalue weighted by atomic mass is 10.1. The molecule has 7 heteroatoms. The van der Waals surface area contributed by atoms with Crippen LogP contribution in [0.1, 0.15) is 28.9 Å². The van der Waals surface area contributed by atoms with Crippen molar-refractivity contribution in [3.63, 3.8) is 0 Å². The van der Waals surface area contributed by atoms with Crippen molar-refractivity contribution < 1.29 is 4.79 Å². The second-order valence-corrected chi connectivity index (χ2v) is 7.20. The lowest BCUT2D eigenvalue weighted by Crippen LogP contribution is -2.25. The van der Waals surface area contributed by atoms with Gasteiger partial charge in [0.15, 0.2) is 11.5 Å². The molecule has 28 heavy (non-hydrogen) atoms.